The molecule has 98 valence electrons. The van der Waals surface area contributed by atoms with Crippen LogP contribution in [-0.2, 0) is 10.0 Å². The fraction of sp³-hybridized carbons (Fsp3) is 0.417. The highest BCUT2D eigenvalue weighted by molar-refractivity contribution is 7.89. The van der Waals surface area contributed by atoms with E-state index in [0.717, 1.165) is 12.1 Å². The summed E-state index contributed by atoms with van der Waals surface area (Å²) >= 11 is 0. The lowest BCUT2D eigenvalue weighted by molar-refractivity contribution is 0.561. The van der Waals surface area contributed by atoms with E-state index in [-0.39, 0.29) is 4.90 Å². The Labute approximate surface area is 106 Å². The van der Waals surface area contributed by atoms with Crippen LogP contribution in [0.5, 0.6) is 0 Å². The van der Waals surface area contributed by atoms with Crippen LogP contribution in [0.2, 0.25) is 0 Å². The number of aryl methyl sites for hydroxylation is 1. The molecule has 6 heteroatoms. The van der Waals surface area contributed by atoms with Crippen LogP contribution < -0.4 is 4.72 Å². The van der Waals surface area contributed by atoms with Crippen LogP contribution in [0.3, 0.4) is 0 Å². The summed E-state index contributed by atoms with van der Waals surface area (Å²) in [6, 6.07) is 4.57. The molecule has 0 aliphatic rings. The van der Waals surface area contributed by atoms with E-state index in [1.54, 1.807) is 0 Å². The van der Waals surface area contributed by atoms with Gasteiger partial charge in [-0.3, -0.25) is 0 Å². The molecule has 0 amide bonds. The Hall–Kier alpha value is -1.45. The van der Waals surface area contributed by atoms with Gasteiger partial charge >= 0.3 is 0 Å². The van der Waals surface area contributed by atoms with Gasteiger partial charge in [0.25, 0.3) is 0 Å². The number of hydrogen-bond acceptors (Lipinski definition) is 3. The maximum absolute atomic E-state index is 12.9. The van der Waals surface area contributed by atoms with E-state index < -0.39 is 21.9 Å². The number of sulfonamides is 1. The van der Waals surface area contributed by atoms with Crippen molar-refractivity contribution in [1.29, 1.82) is 5.26 Å². The summed E-state index contributed by atoms with van der Waals surface area (Å²) in [5, 5.41) is 8.84. The highest BCUT2D eigenvalue weighted by Crippen LogP contribution is 2.16. The van der Waals surface area contributed by atoms with Crippen molar-refractivity contribution in [2.24, 2.45) is 0 Å². The molecular weight excluding hydrogens is 255 g/mol. The molecular formula is C12H15FN2O2S. The molecule has 1 unspecified atom stereocenters. The van der Waals surface area contributed by atoms with Crippen LogP contribution in [-0.4, -0.2) is 14.5 Å². The van der Waals surface area contributed by atoms with Crippen LogP contribution in [0, 0.1) is 24.1 Å². The molecule has 0 spiro atoms. The van der Waals surface area contributed by atoms with E-state index in [0.29, 0.717) is 18.4 Å². The number of nitrogens with zero attached hydrogens (tertiary/aromatic N) is 1. The fourth-order valence-electron chi connectivity index (χ4n) is 1.60. The first kappa shape index (κ1) is 14.6. The van der Waals surface area contributed by atoms with Crippen LogP contribution in [0.15, 0.2) is 23.1 Å². The molecule has 0 bridgehead atoms. The first-order valence-corrected chi connectivity index (χ1v) is 7.07. The Morgan fingerprint density at radius 3 is 2.67 bits per heavy atom. The standard InChI is InChI=1S/C12H15FN2O2S/c1-3-4-11(8-14)15-18(16,17)12-6-5-10(13)7-9(12)2/h5-7,11,15H,3-4H2,1-2H3. The van der Waals surface area contributed by atoms with Gasteiger partial charge in [-0.2, -0.15) is 9.98 Å². The maximum Gasteiger partial charge on any atom is 0.241 e. The lowest BCUT2D eigenvalue weighted by atomic mass is 10.2. The summed E-state index contributed by atoms with van der Waals surface area (Å²) in [6.07, 6.45) is 1.14. The molecule has 1 atom stereocenters. The molecule has 0 fully saturated rings. The Morgan fingerprint density at radius 1 is 1.50 bits per heavy atom. The van der Waals surface area contributed by atoms with E-state index >= 15 is 0 Å². The van der Waals surface area contributed by atoms with Gasteiger partial charge in [-0.1, -0.05) is 13.3 Å². The molecule has 0 saturated carbocycles. The molecule has 1 aromatic carbocycles. The number of hydrogen-bond donors (Lipinski definition) is 1. The normalized spacial score (nSPS) is 13.0. The van der Waals surface area contributed by atoms with Crippen molar-refractivity contribution >= 4 is 10.0 Å². The molecule has 4 nitrogen and oxygen atoms in total. The molecule has 0 aliphatic carbocycles. The highest BCUT2D eigenvalue weighted by atomic mass is 32.2. The van der Waals surface area contributed by atoms with Crippen molar-refractivity contribution in [1.82, 2.24) is 4.72 Å². The van der Waals surface area contributed by atoms with Gasteiger partial charge in [-0.25, -0.2) is 12.8 Å². The van der Waals surface area contributed by atoms with Crippen molar-refractivity contribution in [3.05, 3.63) is 29.6 Å². The molecule has 0 saturated heterocycles. The molecule has 0 aliphatic heterocycles. The van der Waals surface area contributed by atoms with Gasteiger partial charge in [0.1, 0.15) is 11.9 Å². The number of halogens is 1. The molecule has 0 heterocycles. The minimum atomic E-state index is -3.78. The minimum absolute atomic E-state index is 0.000234. The van der Waals surface area contributed by atoms with Crippen LogP contribution in [0.1, 0.15) is 25.3 Å². The zero-order valence-corrected chi connectivity index (χ0v) is 11.1. The molecule has 1 N–H and O–H groups in total. The molecule has 0 radical (unpaired) electrons. The minimum Gasteiger partial charge on any atom is -0.207 e. The Morgan fingerprint density at radius 2 is 2.17 bits per heavy atom. The van der Waals surface area contributed by atoms with Crippen molar-refractivity contribution in [2.45, 2.75) is 37.6 Å². The number of benzene rings is 1. The SMILES string of the molecule is CCCC(C#N)NS(=O)(=O)c1ccc(F)cc1C. The van der Waals surface area contributed by atoms with Crippen LogP contribution in [0.4, 0.5) is 4.39 Å². The predicted molar refractivity (Wildman–Crippen MR) is 65.8 cm³/mol. The van der Waals surface area contributed by atoms with Gasteiger partial charge in [0, 0.05) is 0 Å². The molecule has 0 aromatic heterocycles. The third-order valence-electron chi connectivity index (χ3n) is 2.46. The average molecular weight is 270 g/mol. The predicted octanol–water partition coefficient (Wildman–Crippen LogP) is 2.10. The van der Waals surface area contributed by atoms with Crippen molar-refractivity contribution in [2.75, 3.05) is 0 Å². The third kappa shape index (κ3) is 3.52. The van der Waals surface area contributed by atoms with Gasteiger partial charge in [-0.05, 0) is 37.1 Å². The monoisotopic (exact) mass is 270 g/mol. The second kappa shape index (κ2) is 5.94. The summed E-state index contributed by atoms with van der Waals surface area (Å²) in [7, 11) is -3.78. The fourth-order valence-corrected chi connectivity index (χ4v) is 3.01. The number of rotatable bonds is 5. The number of nitrogens with one attached hydrogen (secondary N) is 1. The van der Waals surface area contributed by atoms with Gasteiger partial charge < -0.3 is 0 Å². The van der Waals surface area contributed by atoms with E-state index in [9.17, 15) is 12.8 Å². The van der Waals surface area contributed by atoms with Crippen LogP contribution >= 0.6 is 0 Å². The lowest BCUT2D eigenvalue weighted by Gasteiger charge is -2.12. The van der Waals surface area contributed by atoms with Crippen molar-refractivity contribution < 1.29 is 12.8 Å². The zero-order valence-electron chi connectivity index (χ0n) is 10.3. The summed E-state index contributed by atoms with van der Waals surface area (Å²) in [4.78, 5) is 0.000234. The van der Waals surface area contributed by atoms with E-state index in [1.165, 1.54) is 13.0 Å². The highest BCUT2D eigenvalue weighted by Gasteiger charge is 2.21. The molecule has 1 rings (SSSR count). The third-order valence-corrected chi connectivity index (χ3v) is 4.09. The average Bonchev–Trinajstić information content (AvgIpc) is 2.27. The van der Waals surface area contributed by atoms with Gasteiger partial charge in [0.2, 0.25) is 10.0 Å². The first-order chi connectivity index (χ1) is 8.40. The smallest absolute Gasteiger partial charge is 0.207 e. The molecule has 1 aromatic rings. The van der Waals surface area contributed by atoms with Gasteiger partial charge in [0.05, 0.1) is 11.0 Å². The van der Waals surface area contributed by atoms with E-state index in [2.05, 4.69) is 4.72 Å². The Bertz CT molecular complexity index is 564. The van der Waals surface area contributed by atoms with Gasteiger partial charge in [0.15, 0.2) is 0 Å². The second-order valence-corrected chi connectivity index (χ2v) is 5.68. The largest absolute Gasteiger partial charge is 0.241 e. The van der Waals surface area contributed by atoms with E-state index in [4.69, 9.17) is 5.26 Å². The maximum atomic E-state index is 12.9. The second-order valence-electron chi connectivity index (χ2n) is 4.00. The molecule has 18 heavy (non-hydrogen) atoms. The summed E-state index contributed by atoms with van der Waals surface area (Å²) < 4.78 is 39.3. The topological polar surface area (TPSA) is 70.0 Å². The number of nitriles is 1. The van der Waals surface area contributed by atoms with Crippen molar-refractivity contribution in [3.8, 4) is 6.07 Å². The first-order valence-electron chi connectivity index (χ1n) is 5.58. The summed E-state index contributed by atoms with van der Waals surface area (Å²) in [5.74, 6) is -0.489. The van der Waals surface area contributed by atoms with Crippen molar-refractivity contribution in [3.63, 3.8) is 0 Å². The quantitative estimate of drug-likeness (QED) is 0.890. The van der Waals surface area contributed by atoms with Crippen LogP contribution in [0.25, 0.3) is 0 Å². The lowest BCUT2D eigenvalue weighted by Crippen LogP contribution is -2.34. The Balaban J connectivity index is 3.03. The van der Waals surface area contributed by atoms with Gasteiger partial charge in [-0.15, -0.1) is 0 Å². The summed E-state index contributed by atoms with van der Waals surface area (Å²) in [5.41, 5.74) is 0.315. The Kier molecular flexibility index (Phi) is 4.82. The summed E-state index contributed by atoms with van der Waals surface area (Å²) in [6.45, 7) is 3.38. The zero-order chi connectivity index (χ0) is 13.8. The van der Waals surface area contributed by atoms with E-state index in [1.807, 2.05) is 13.0 Å².